The molecule has 1 atom stereocenters. The van der Waals surface area contributed by atoms with Crippen molar-refractivity contribution in [3.8, 4) is 0 Å². The summed E-state index contributed by atoms with van der Waals surface area (Å²) < 4.78 is 0. The zero-order chi connectivity index (χ0) is 11.5. The lowest BCUT2D eigenvalue weighted by Crippen LogP contribution is -2.48. The Morgan fingerprint density at radius 1 is 1.33 bits per heavy atom. The lowest BCUT2D eigenvalue weighted by molar-refractivity contribution is 0.0392. The number of rotatable bonds is 5. The molecule has 1 saturated carbocycles. The van der Waals surface area contributed by atoms with E-state index in [1.165, 1.54) is 32.1 Å². The summed E-state index contributed by atoms with van der Waals surface area (Å²) in [7, 11) is 0. The second-order valence-electron chi connectivity index (χ2n) is 5.82. The minimum atomic E-state index is -0.618. The number of aliphatic hydroxyl groups is 1. The van der Waals surface area contributed by atoms with Gasteiger partial charge < -0.3 is 10.4 Å². The predicted octanol–water partition coefficient (Wildman–Crippen LogP) is 2.71. The van der Waals surface area contributed by atoms with Crippen LogP contribution in [0.25, 0.3) is 0 Å². The van der Waals surface area contributed by atoms with Gasteiger partial charge in [-0.3, -0.25) is 0 Å². The van der Waals surface area contributed by atoms with Crippen LogP contribution in [0.3, 0.4) is 0 Å². The molecule has 1 aliphatic carbocycles. The van der Waals surface area contributed by atoms with Crippen molar-refractivity contribution in [2.24, 2.45) is 5.41 Å². The number of hydrogen-bond acceptors (Lipinski definition) is 2. The lowest BCUT2D eigenvalue weighted by Gasteiger charge is -2.33. The Kier molecular flexibility index (Phi) is 4.19. The fourth-order valence-electron chi connectivity index (χ4n) is 2.40. The molecule has 0 aliphatic heterocycles. The van der Waals surface area contributed by atoms with Gasteiger partial charge in [0.15, 0.2) is 0 Å². The average molecular weight is 213 g/mol. The summed E-state index contributed by atoms with van der Waals surface area (Å²) in [6, 6.07) is 0.168. The van der Waals surface area contributed by atoms with Crippen molar-refractivity contribution in [1.29, 1.82) is 0 Å². The highest BCUT2D eigenvalue weighted by Crippen LogP contribution is 2.40. The largest absolute Gasteiger partial charge is 0.389 e. The van der Waals surface area contributed by atoms with E-state index < -0.39 is 5.60 Å². The molecule has 0 aromatic rings. The fourth-order valence-corrected chi connectivity index (χ4v) is 2.40. The van der Waals surface area contributed by atoms with Crippen molar-refractivity contribution in [2.45, 2.75) is 71.4 Å². The van der Waals surface area contributed by atoms with Crippen LogP contribution >= 0.6 is 0 Å². The minimum Gasteiger partial charge on any atom is -0.389 e. The summed E-state index contributed by atoms with van der Waals surface area (Å²) >= 11 is 0. The molecular weight excluding hydrogens is 186 g/mol. The summed E-state index contributed by atoms with van der Waals surface area (Å²) in [6.45, 7) is 9.17. The quantitative estimate of drug-likeness (QED) is 0.736. The first kappa shape index (κ1) is 13.0. The molecule has 1 unspecified atom stereocenters. The molecule has 0 amide bonds. The van der Waals surface area contributed by atoms with Gasteiger partial charge in [-0.2, -0.15) is 0 Å². The topological polar surface area (TPSA) is 32.3 Å². The Morgan fingerprint density at radius 2 is 1.87 bits per heavy atom. The molecule has 2 nitrogen and oxygen atoms in total. The maximum atomic E-state index is 9.85. The summed E-state index contributed by atoms with van der Waals surface area (Å²) in [5.74, 6) is 0. The van der Waals surface area contributed by atoms with Gasteiger partial charge in [0.25, 0.3) is 0 Å². The van der Waals surface area contributed by atoms with E-state index in [0.29, 0.717) is 5.41 Å². The third kappa shape index (κ3) is 3.46. The maximum absolute atomic E-state index is 9.85. The fraction of sp³-hybridized carbons (Fsp3) is 1.00. The van der Waals surface area contributed by atoms with Crippen LogP contribution in [0.2, 0.25) is 0 Å². The van der Waals surface area contributed by atoms with Crippen LogP contribution in [0.4, 0.5) is 0 Å². The second kappa shape index (κ2) is 4.84. The van der Waals surface area contributed by atoms with Crippen LogP contribution in [0.1, 0.15) is 59.8 Å². The molecule has 0 aromatic heterocycles. The van der Waals surface area contributed by atoms with Crippen molar-refractivity contribution < 1.29 is 5.11 Å². The van der Waals surface area contributed by atoms with E-state index >= 15 is 0 Å². The standard InChI is InChI=1S/C13H27NO/c1-5-13(8-6-7-9-13)10-14-11(2)12(3,4)15/h11,14-15H,5-10H2,1-4H3. The summed E-state index contributed by atoms with van der Waals surface area (Å²) in [5.41, 5.74) is -0.104. The zero-order valence-corrected chi connectivity index (χ0v) is 10.8. The first-order chi connectivity index (χ1) is 6.90. The van der Waals surface area contributed by atoms with Crippen LogP contribution in [-0.2, 0) is 0 Å². The van der Waals surface area contributed by atoms with E-state index in [2.05, 4.69) is 19.2 Å². The Balaban J connectivity index is 2.41. The number of nitrogens with one attached hydrogen (secondary N) is 1. The molecule has 2 heteroatoms. The van der Waals surface area contributed by atoms with Crippen LogP contribution in [-0.4, -0.2) is 23.3 Å². The highest BCUT2D eigenvalue weighted by atomic mass is 16.3. The first-order valence-corrected chi connectivity index (χ1v) is 6.35. The molecule has 15 heavy (non-hydrogen) atoms. The lowest BCUT2D eigenvalue weighted by atomic mass is 9.83. The van der Waals surface area contributed by atoms with Crippen LogP contribution in [0.15, 0.2) is 0 Å². The van der Waals surface area contributed by atoms with E-state index in [4.69, 9.17) is 0 Å². The summed E-state index contributed by atoms with van der Waals surface area (Å²) in [6.07, 6.45) is 6.74. The Hall–Kier alpha value is -0.0800. The van der Waals surface area contributed by atoms with Crippen molar-refractivity contribution in [2.75, 3.05) is 6.54 Å². The SMILES string of the molecule is CCC1(CNC(C)C(C)(C)O)CCCC1. The van der Waals surface area contributed by atoms with Crippen molar-refractivity contribution in [1.82, 2.24) is 5.32 Å². The summed E-state index contributed by atoms with van der Waals surface area (Å²) in [4.78, 5) is 0. The first-order valence-electron chi connectivity index (χ1n) is 6.35. The van der Waals surface area contributed by atoms with Gasteiger partial charge in [-0.15, -0.1) is 0 Å². The smallest absolute Gasteiger partial charge is 0.0741 e. The van der Waals surface area contributed by atoms with Crippen LogP contribution in [0.5, 0.6) is 0 Å². The molecule has 90 valence electrons. The minimum absolute atomic E-state index is 0.168. The molecule has 2 N–H and O–H groups in total. The summed E-state index contributed by atoms with van der Waals surface area (Å²) in [5, 5.41) is 13.4. The molecule has 0 bridgehead atoms. The monoisotopic (exact) mass is 213 g/mol. The molecule has 0 saturated heterocycles. The zero-order valence-electron chi connectivity index (χ0n) is 10.8. The Morgan fingerprint density at radius 3 is 2.27 bits per heavy atom. The highest BCUT2D eigenvalue weighted by Gasteiger charge is 2.33. The molecule has 0 spiro atoms. The third-order valence-corrected chi connectivity index (χ3v) is 4.26. The Labute approximate surface area is 94.5 Å². The van der Waals surface area contributed by atoms with Crippen LogP contribution < -0.4 is 5.32 Å². The van der Waals surface area contributed by atoms with Gasteiger partial charge in [-0.05, 0) is 45.4 Å². The molecule has 0 heterocycles. The van der Waals surface area contributed by atoms with E-state index in [0.717, 1.165) is 6.54 Å². The molecular formula is C13H27NO. The third-order valence-electron chi connectivity index (χ3n) is 4.26. The van der Waals surface area contributed by atoms with Gasteiger partial charge >= 0.3 is 0 Å². The normalized spacial score (nSPS) is 23.0. The van der Waals surface area contributed by atoms with E-state index in [1.807, 2.05) is 13.8 Å². The molecule has 0 radical (unpaired) electrons. The second-order valence-corrected chi connectivity index (χ2v) is 5.82. The van der Waals surface area contributed by atoms with Gasteiger partial charge in [0.2, 0.25) is 0 Å². The van der Waals surface area contributed by atoms with Gasteiger partial charge in [0.1, 0.15) is 0 Å². The van der Waals surface area contributed by atoms with E-state index in [1.54, 1.807) is 0 Å². The van der Waals surface area contributed by atoms with Crippen LogP contribution in [0, 0.1) is 5.41 Å². The van der Waals surface area contributed by atoms with E-state index in [9.17, 15) is 5.11 Å². The number of hydrogen-bond donors (Lipinski definition) is 2. The average Bonchev–Trinajstić information content (AvgIpc) is 2.62. The molecule has 1 aliphatic rings. The van der Waals surface area contributed by atoms with Crippen molar-refractivity contribution in [3.05, 3.63) is 0 Å². The van der Waals surface area contributed by atoms with Gasteiger partial charge in [-0.25, -0.2) is 0 Å². The Bertz CT molecular complexity index is 189. The predicted molar refractivity (Wildman–Crippen MR) is 65.0 cm³/mol. The van der Waals surface area contributed by atoms with Crippen molar-refractivity contribution >= 4 is 0 Å². The van der Waals surface area contributed by atoms with Gasteiger partial charge in [0.05, 0.1) is 5.60 Å². The highest BCUT2D eigenvalue weighted by molar-refractivity contribution is 4.88. The van der Waals surface area contributed by atoms with Gasteiger partial charge in [-0.1, -0.05) is 19.8 Å². The maximum Gasteiger partial charge on any atom is 0.0741 e. The van der Waals surface area contributed by atoms with Gasteiger partial charge in [0, 0.05) is 12.6 Å². The van der Waals surface area contributed by atoms with Crippen molar-refractivity contribution in [3.63, 3.8) is 0 Å². The molecule has 1 rings (SSSR count). The van der Waals surface area contributed by atoms with E-state index in [-0.39, 0.29) is 6.04 Å². The molecule has 0 aromatic carbocycles. The molecule has 1 fully saturated rings.